The molecule has 1 atom stereocenters. The minimum Gasteiger partial charge on any atom is -0.457 e. The van der Waals surface area contributed by atoms with E-state index < -0.39 is 23.5 Å². The number of nitrogens with zero attached hydrogens (tertiary/aromatic N) is 1. The number of carbonyl (C=O) groups is 4. The van der Waals surface area contributed by atoms with Crippen molar-refractivity contribution in [2.24, 2.45) is 0 Å². The molecule has 10 heteroatoms. The van der Waals surface area contributed by atoms with Crippen LogP contribution in [0.3, 0.4) is 0 Å². The quantitative estimate of drug-likeness (QED) is 0.118. The average Bonchev–Trinajstić information content (AvgIpc) is 2.97. The third-order valence-electron chi connectivity index (χ3n) is 7.50. The van der Waals surface area contributed by atoms with E-state index in [0.29, 0.717) is 51.9 Å². The van der Waals surface area contributed by atoms with Crippen LogP contribution in [0, 0.1) is 13.8 Å². The Bertz CT molecular complexity index is 1500. The van der Waals surface area contributed by atoms with Crippen molar-refractivity contribution in [3.63, 3.8) is 0 Å². The number of esters is 3. The Balaban J connectivity index is 1.74. The Morgan fingerprint density at radius 1 is 0.886 bits per heavy atom. The maximum absolute atomic E-state index is 12.9. The Morgan fingerprint density at radius 3 is 1.91 bits per heavy atom. The Kier molecular flexibility index (Phi) is 9.86. The van der Waals surface area contributed by atoms with Gasteiger partial charge in [-0.15, -0.1) is 0 Å². The lowest BCUT2D eigenvalue weighted by Gasteiger charge is -2.42. The van der Waals surface area contributed by atoms with Crippen LogP contribution in [0.2, 0.25) is 0 Å². The molecule has 3 aromatic carbocycles. The first-order valence-corrected chi connectivity index (χ1v) is 14.4. The van der Waals surface area contributed by atoms with Crippen molar-refractivity contribution < 1.29 is 47.3 Å². The summed E-state index contributed by atoms with van der Waals surface area (Å²) in [6.07, 6.45) is 0.999. The molecule has 10 nitrogen and oxygen atoms in total. The van der Waals surface area contributed by atoms with Gasteiger partial charge < -0.3 is 23.7 Å². The number of hydrogen-bond donors (Lipinski definition) is 0. The summed E-state index contributed by atoms with van der Waals surface area (Å²) < 4.78 is 29.0. The van der Waals surface area contributed by atoms with Crippen molar-refractivity contribution >= 4 is 24.3 Å². The van der Waals surface area contributed by atoms with Gasteiger partial charge in [-0.1, -0.05) is 30.3 Å². The topological polar surface area (TPSA) is 114 Å². The van der Waals surface area contributed by atoms with E-state index in [-0.39, 0.29) is 30.6 Å². The molecule has 0 radical (unpaired) electrons. The van der Waals surface area contributed by atoms with E-state index in [0.717, 1.165) is 12.0 Å². The summed E-state index contributed by atoms with van der Waals surface area (Å²) in [5.74, 6) is -0.0526. The summed E-state index contributed by atoms with van der Waals surface area (Å²) in [4.78, 5) is 48.9. The molecule has 1 unspecified atom stereocenters. The van der Waals surface area contributed by atoms with Gasteiger partial charge in [0.1, 0.15) is 35.2 Å². The predicted molar refractivity (Wildman–Crippen MR) is 160 cm³/mol. The molecule has 0 bridgehead atoms. The second-order valence-electron chi connectivity index (χ2n) is 11.1. The molecule has 3 aromatic rings. The lowest BCUT2D eigenvalue weighted by atomic mass is 9.79. The predicted octanol–water partition coefficient (Wildman–Crippen LogP) is 5.28. The van der Waals surface area contributed by atoms with Crippen molar-refractivity contribution in [2.45, 2.75) is 53.2 Å². The summed E-state index contributed by atoms with van der Waals surface area (Å²) in [5.41, 5.74) is 2.42. The summed E-state index contributed by atoms with van der Waals surface area (Å²) in [6.45, 7) is 8.56. The summed E-state index contributed by atoms with van der Waals surface area (Å²) >= 11 is 0. The Labute approximate surface area is 257 Å². The standard InChI is InChI=1S/C34H38NO9/c1-7-41-34(13-14-35(6,21-36)19-33(39)40-20-26-11-9-8-10-12-26)27-15-22(2)29(42-24(4)37)17-31(27)44-32-18-30(43-25(5)38)23(3)16-28(32)34/h8-12,15-18,21H,7,13-14,19-20H2,1-6H3/q+1. The maximum Gasteiger partial charge on any atom is 0.362 e. The molecule has 0 aliphatic carbocycles. The van der Waals surface area contributed by atoms with Gasteiger partial charge in [-0.25, -0.2) is 9.59 Å². The molecule has 0 saturated carbocycles. The van der Waals surface area contributed by atoms with Crippen LogP contribution < -0.4 is 14.2 Å². The van der Waals surface area contributed by atoms with Gasteiger partial charge in [0.25, 0.3) is 0 Å². The number of amides is 1. The molecular formula is C34H38NO9+. The third-order valence-corrected chi connectivity index (χ3v) is 7.50. The van der Waals surface area contributed by atoms with E-state index in [4.69, 9.17) is 23.7 Å². The largest absolute Gasteiger partial charge is 0.457 e. The van der Waals surface area contributed by atoms with Crippen LogP contribution in [-0.2, 0) is 40.9 Å². The number of likely N-dealkylation sites (N-methyl/N-ethyl adjacent to an activating group) is 1. The van der Waals surface area contributed by atoms with Crippen molar-refractivity contribution in [3.8, 4) is 23.0 Å². The van der Waals surface area contributed by atoms with Gasteiger partial charge in [0.05, 0.1) is 13.6 Å². The van der Waals surface area contributed by atoms with Crippen LogP contribution in [-0.4, -0.2) is 55.5 Å². The van der Waals surface area contributed by atoms with Gasteiger partial charge in [-0.05, 0) is 49.6 Å². The number of hydrogen-bond acceptors (Lipinski definition) is 9. The van der Waals surface area contributed by atoms with Gasteiger partial charge in [-0.3, -0.25) is 14.1 Å². The molecule has 232 valence electrons. The molecule has 4 rings (SSSR count). The lowest BCUT2D eigenvalue weighted by molar-refractivity contribution is -0.819. The zero-order chi connectivity index (χ0) is 32.1. The fourth-order valence-corrected chi connectivity index (χ4v) is 5.34. The fraction of sp³-hybridized carbons (Fsp3) is 0.353. The molecule has 0 spiro atoms. The van der Waals surface area contributed by atoms with Gasteiger partial charge >= 0.3 is 24.3 Å². The van der Waals surface area contributed by atoms with Crippen LogP contribution in [0.25, 0.3) is 0 Å². The molecule has 1 aliphatic heterocycles. The smallest absolute Gasteiger partial charge is 0.362 e. The van der Waals surface area contributed by atoms with Crippen LogP contribution in [0.15, 0.2) is 54.6 Å². The van der Waals surface area contributed by atoms with Crippen LogP contribution >= 0.6 is 0 Å². The summed E-state index contributed by atoms with van der Waals surface area (Å²) in [5, 5.41) is 0. The minimum atomic E-state index is -1.13. The lowest BCUT2D eigenvalue weighted by Crippen LogP contribution is -2.50. The van der Waals surface area contributed by atoms with Crippen LogP contribution in [0.4, 0.5) is 0 Å². The highest BCUT2D eigenvalue weighted by Gasteiger charge is 2.46. The zero-order valence-corrected chi connectivity index (χ0v) is 25.9. The fourth-order valence-electron chi connectivity index (χ4n) is 5.34. The number of quaternary nitrogens is 1. The minimum absolute atomic E-state index is 0.105. The van der Waals surface area contributed by atoms with E-state index in [2.05, 4.69) is 0 Å². The van der Waals surface area contributed by atoms with E-state index in [1.807, 2.05) is 63.2 Å². The third kappa shape index (κ3) is 7.15. The SMILES string of the molecule is CCOC1(CC[N+](C)(C=O)CC(=O)OCc2ccccc2)c2cc(C)c(OC(C)=O)cc2Oc2cc(OC(C)=O)c(C)cc21. The summed E-state index contributed by atoms with van der Waals surface area (Å²) in [6, 6.07) is 16.3. The molecule has 0 saturated heterocycles. The van der Waals surface area contributed by atoms with Crippen molar-refractivity contribution in [1.82, 2.24) is 0 Å². The molecule has 1 aliphatic rings. The first-order valence-electron chi connectivity index (χ1n) is 14.4. The highest BCUT2D eigenvalue weighted by Crippen LogP contribution is 2.53. The van der Waals surface area contributed by atoms with E-state index in [9.17, 15) is 19.2 Å². The highest BCUT2D eigenvalue weighted by atomic mass is 16.5. The van der Waals surface area contributed by atoms with E-state index in [1.54, 1.807) is 19.2 Å². The number of carbonyl (C=O) groups excluding carboxylic acids is 4. The Hall–Kier alpha value is -4.54. The van der Waals surface area contributed by atoms with Crippen molar-refractivity contribution in [1.29, 1.82) is 0 Å². The first-order chi connectivity index (χ1) is 20.9. The van der Waals surface area contributed by atoms with Gasteiger partial charge in [0, 0.05) is 50.1 Å². The van der Waals surface area contributed by atoms with Crippen molar-refractivity contribution in [3.05, 3.63) is 82.4 Å². The molecule has 1 amide bonds. The van der Waals surface area contributed by atoms with E-state index in [1.165, 1.54) is 13.8 Å². The normalized spacial score (nSPS) is 14.2. The van der Waals surface area contributed by atoms with Crippen LogP contribution in [0.5, 0.6) is 23.0 Å². The average molecular weight is 605 g/mol. The zero-order valence-electron chi connectivity index (χ0n) is 25.9. The van der Waals surface area contributed by atoms with Gasteiger partial charge in [0.2, 0.25) is 0 Å². The van der Waals surface area contributed by atoms with Crippen LogP contribution in [0.1, 0.15) is 55.0 Å². The number of benzene rings is 3. The number of fused-ring (bicyclic) bond motifs is 2. The highest BCUT2D eigenvalue weighted by molar-refractivity contribution is 5.73. The number of ether oxygens (including phenoxy) is 5. The monoisotopic (exact) mass is 604 g/mol. The summed E-state index contributed by atoms with van der Waals surface area (Å²) in [7, 11) is 1.67. The molecule has 0 aromatic heterocycles. The molecule has 44 heavy (non-hydrogen) atoms. The first kappa shape index (κ1) is 32.4. The van der Waals surface area contributed by atoms with Gasteiger partial charge in [-0.2, -0.15) is 0 Å². The Morgan fingerprint density at radius 2 is 1.43 bits per heavy atom. The second-order valence-corrected chi connectivity index (χ2v) is 11.1. The number of aryl methyl sites for hydroxylation is 2. The molecule has 1 heterocycles. The molecule has 0 N–H and O–H groups in total. The van der Waals surface area contributed by atoms with Crippen molar-refractivity contribution in [2.75, 3.05) is 26.7 Å². The van der Waals surface area contributed by atoms with E-state index >= 15 is 0 Å². The number of rotatable bonds is 12. The maximum atomic E-state index is 12.9. The van der Waals surface area contributed by atoms with Gasteiger partial charge in [0.15, 0.2) is 6.54 Å². The second kappa shape index (κ2) is 13.4. The molecule has 0 fully saturated rings. The molecular weight excluding hydrogens is 566 g/mol.